The fourth-order valence-electron chi connectivity index (χ4n) is 2.76. The lowest BCUT2D eigenvalue weighted by atomic mass is 9.90. The summed E-state index contributed by atoms with van der Waals surface area (Å²) in [6.45, 7) is 3.91. The van der Waals surface area contributed by atoms with Gasteiger partial charge in [0.2, 0.25) is 0 Å². The van der Waals surface area contributed by atoms with E-state index in [9.17, 15) is 14.4 Å². The Morgan fingerprint density at radius 1 is 1.12 bits per heavy atom. The van der Waals surface area contributed by atoms with Gasteiger partial charge in [-0.25, -0.2) is 4.79 Å². The molecule has 0 aliphatic heterocycles. The van der Waals surface area contributed by atoms with Crippen LogP contribution in [0.4, 0.5) is 4.79 Å². The van der Waals surface area contributed by atoms with Crippen molar-refractivity contribution in [2.45, 2.75) is 46.0 Å². The van der Waals surface area contributed by atoms with Gasteiger partial charge in [-0.15, -0.1) is 0 Å². The Morgan fingerprint density at radius 2 is 1.84 bits per heavy atom. The Bertz CT molecular complexity index is 640. The van der Waals surface area contributed by atoms with E-state index in [0.717, 1.165) is 18.4 Å². The lowest BCUT2D eigenvalue weighted by Gasteiger charge is -2.16. The standard InChI is InChI=1S/C19H26N2O4/c1-13(2)11-20-19(24)21-17(22)12-25-18(23)10-14-7-8-15-5-3-4-6-16(15)9-14/h7-9,13H,3-6,10-12H2,1-2H3,(H2,20,21,22,24). The van der Waals surface area contributed by atoms with Gasteiger partial charge in [0, 0.05) is 6.54 Å². The molecule has 0 heterocycles. The van der Waals surface area contributed by atoms with Gasteiger partial charge in [-0.3, -0.25) is 14.9 Å². The Morgan fingerprint density at radius 3 is 2.56 bits per heavy atom. The Labute approximate surface area is 148 Å². The highest BCUT2D eigenvalue weighted by atomic mass is 16.5. The van der Waals surface area contributed by atoms with Crippen LogP contribution in [0.25, 0.3) is 0 Å². The molecule has 2 rings (SSSR count). The zero-order valence-corrected chi connectivity index (χ0v) is 14.9. The van der Waals surface area contributed by atoms with Crippen molar-refractivity contribution in [3.63, 3.8) is 0 Å². The second-order valence-corrected chi connectivity index (χ2v) is 6.80. The van der Waals surface area contributed by atoms with Gasteiger partial charge >= 0.3 is 12.0 Å². The van der Waals surface area contributed by atoms with Crippen LogP contribution < -0.4 is 10.6 Å². The van der Waals surface area contributed by atoms with Crippen LogP contribution in [0.1, 0.15) is 43.4 Å². The van der Waals surface area contributed by atoms with E-state index in [1.165, 1.54) is 24.0 Å². The fourth-order valence-corrected chi connectivity index (χ4v) is 2.76. The number of fused-ring (bicyclic) bond motifs is 1. The van der Waals surface area contributed by atoms with Crippen molar-refractivity contribution in [2.24, 2.45) is 5.92 Å². The number of amides is 3. The molecule has 0 atom stereocenters. The summed E-state index contributed by atoms with van der Waals surface area (Å²) in [5, 5.41) is 4.69. The van der Waals surface area contributed by atoms with Gasteiger partial charge in [0.05, 0.1) is 6.42 Å². The zero-order chi connectivity index (χ0) is 18.2. The predicted octanol–water partition coefficient (Wildman–Crippen LogP) is 2.13. The van der Waals surface area contributed by atoms with Crippen LogP contribution in [0, 0.1) is 5.92 Å². The second kappa shape index (κ2) is 9.20. The van der Waals surface area contributed by atoms with Gasteiger partial charge < -0.3 is 10.1 Å². The van der Waals surface area contributed by atoms with E-state index in [1.807, 2.05) is 19.9 Å². The van der Waals surface area contributed by atoms with Crippen LogP contribution in [-0.4, -0.2) is 31.1 Å². The Kier molecular flexibility index (Phi) is 6.98. The molecule has 0 fully saturated rings. The molecule has 1 aromatic rings. The van der Waals surface area contributed by atoms with Crippen molar-refractivity contribution in [2.75, 3.05) is 13.2 Å². The smallest absolute Gasteiger partial charge is 0.321 e. The summed E-state index contributed by atoms with van der Waals surface area (Å²) in [5.41, 5.74) is 3.55. The van der Waals surface area contributed by atoms with Gasteiger partial charge in [0.1, 0.15) is 0 Å². The van der Waals surface area contributed by atoms with Crippen molar-refractivity contribution in [3.05, 3.63) is 34.9 Å². The average Bonchev–Trinajstić information content (AvgIpc) is 2.58. The van der Waals surface area contributed by atoms with Crippen LogP contribution in [-0.2, 0) is 33.6 Å². The fraction of sp³-hybridized carbons (Fsp3) is 0.526. The van der Waals surface area contributed by atoms with Crippen LogP contribution >= 0.6 is 0 Å². The second-order valence-electron chi connectivity index (χ2n) is 6.80. The predicted molar refractivity (Wildman–Crippen MR) is 94.1 cm³/mol. The summed E-state index contributed by atoms with van der Waals surface area (Å²) in [5.74, 6) is -0.830. The molecule has 2 N–H and O–H groups in total. The van der Waals surface area contributed by atoms with E-state index in [-0.39, 0.29) is 12.3 Å². The first-order chi connectivity index (χ1) is 11.9. The lowest BCUT2D eigenvalue weighted by Crippen LogP contribution is -2.42. The number of nitrogens with one attached hydrogen (secondary N) is 2. The molecule has 0 unspecified atom stereocenters. The number of aryl methyl sites for hydroxylation is 2. The first-order valence-electron chi connectivity index (χ1n) is 8.78. The number of ether oxygens (including phenoxy) is 1. The average molecular weight is 346 g/mol. The maximum absolute atomic E-state index is 11.9. The quantitative estimate of drug-likeness (QED) is 0.773. The van der Waals surface area contributed by atoms with Crippen LogP contribution in [0.2, 0.25) is 0 Å². The summed E-state index contributed by atoms with van der Waals surface area (Å²) < 4.78 is 4.95. The number of hydrogen-bond donors (Lipinski definition) is 2. The Hall–Kier alpha value is -2.37. The highest BCUT2D eigenvalue weighted by molar-refractivity contribution is 5.95. The maximum atomic E-state index is 11.9. The minimum Gasteiger partial charge on any atom is -0.455 e. The third-order valence-corrected chi connectivity index (χ3v) is 4.05. The number of hydrogen-bond acceptors (Lipinski definition) is 4. The molecule has 0 radical (unpaired) electrons. The molecule has 1 aliphatic rings. The molecule has 6 nitrogen and oxygen atoms in total. The van der Waals surface area contributed by atoms with Crippen molar-refractivity contribution in [1.29, 1.82) is 0 Å². The Balaban J connectivity index is 1.73. The molecule has 0 saturated heterocycles. The third-order valence-electron chi connectivity index (χ3n) is 4.05. The minimum atomic E-state index is -0.639. The molecule has 0 spiro atoms. The maximum Gasteiger partial charge on any atom is 0.321 e. The van der Waals surface area contributed by atoms with E-state index in [2.05, 4.69) is 22.8 Å². The third kappa shape index (κ3) is 6.57. The van der Waals surface area contributed by atoms with Crippen LogP contribution in [0.3, 0.4) is 0 Å². The first-order valence-corrected chi connectivity index (χ1v) is 8.78. The van der Waals surface area contributed by atoms with E-state index in [0.29, 0.717) is 6.54 Å². The highest BCUT2D eigenvalue weighted by Gasteiger charge is 2.14. The SMILES string of the molecule is CC(C)CNC(=O)NC(=O)COC(=O)Cc1ccc2c(c1)CCCC2. The summed E-state index contributed by atoms with van der Waals surface area (Å²) in [6, 6.07) is 5.48. The molecule has 0 aromatic heterocycles. The van der Waals surface area contributed by atoms with E-state index < -0.39 is 24.5 Å². The van der Waals surface area contributed by atoms with Crippen molar-refractivity contribution in [3.8, 4) is 0 Å². The number of benzene rings is 1. The van der Waals surface area contributed by atoms with Crippen molar-refractivity contribution < 1.29 is 19.1 Å². The summed E-state index contributed by atoms with van der Waals surface area (Å²) >= 11 is 0. The highest BCUT2D eigenvalue weighted by Crippen LogP contribution is 2.22. The van der Waals surface area contributed by atoms with Gasteiger partial charge in [-0.1, -0.05) is 32.0 Å². The lowest BCUT2D eigenvalue weighted by molar-refractivity contribution is -0.147. The van der Waals surface area contributed by atoms with Gasteiger partial charge in [0.25, 0.3) is 5.91 Å². The molecule has 1 aromatic carbocycles. The number of imide groups is 1. The van der Waals surface area contributed by atoms with E-state index in [4.69, 9.17) is 4.74 Å². The van der Waals surface area contributed by atoms with Gasteiger partial charge in [0.15, 0.2) is 6.61 Å². The first kappa shape index (κ1) is 19.0. The number of urea groups is 1. The number of carbonyl (C=O) groups is 3. The summed E-state index contributed by atoms with van der Waals surface area (Å²) in [6.07, 6.45) is 4.67. The normalized spacial score (nSPS) is 13.1. The summed E-state index contributed by atoms with van der Waals surface area (Å²) in [4.78, 5) is 34.9. The summed E-state index contributed by atoms with van der Waals surface area (Å²) in [7, 11) is 0. The van der Waals surface area contributed by atoms with Crippen molar-refractivity contribution >= 4 is 17.9 Å². The largest absolute Gasteiger partial charge is 0.455 e. The minimum absolute atomic E-state index is 0.125. The zero-order valence-electron chi connectivity index (χ0n) is 14.9. The molecule has 25 heavy (non-hydrogen) atoms. The van der Waals surface area contributed by atoms with Crippen LogP contribution in [0.15, 0.2) is 18.2 Å². The molecule has 0 bridgehead atoms. The van der Waals surface area contributed by atoms with Crippen molar-refractivity contribution in [1.82, 2.24) is 10.6 Å². The van der Waals surface area contributed by atoms with E-state index >= 15 is 0 Å². The van der Waals surface area contributed by atoms with Gasteiger partial charge in [-0.2, -0.15) is 0 Å². The van der Waals surface area contributed by atoms with Crippen LogP contribution in [0.5, 0.6) is 0 Å². The monoisotopic (exact) mass is 346 g/mol. The number of carbonyl (C=O) groups excluding carboxylic acids is 3. The molecular formula is C19H26N2O4. The molecule has 136 valence electrons. The molecule has 0 saturated carbocycles. The topological polar surface area (TPSA) is 84.5 Å². The molecular weight excluding hydrogens is 320 g/mol. The van der Waals surface area contributed by atoms with Gasteiger partial charge in [-0.05, 0) is 48.3 Å². The number of esters is 1. The van der Waals surface area contributed by atoms with E-state index in [1.54, 1.807) is 0 Å². The molecule has 3 amide bonds. The molecule has 6 heteroatoms. The molecule has 1 aliphatic carbocycles. The number of rotatable bonds is 6.